The molecule has 0 spiro atoms. The van der Waals surface area contributed by atoms with E-state index < -0.39 is 0 Å². The zero-order valence-electron chi connectivity index (χ0n) is 14.0. The van der Waals surface area contributed by atoms with Crippen molar-refractivity contribution in [2.75, 3.05) is 13.2 Å². The van der Waals surface area contributed by atoms with E-state index >= 15 is 0 Å². The second kappa shape index (κ2) is 6.61. The van der Waals surface area contributed by atoms with Crippen molar-refractivity contribution in [2.45, 2.75) is 19.6 Å². The van der Waals surface area contributed by atoms with E-state index in [0.29, 0.717) is 42.5 Å². The molecule has 4 rings (SSSR count). The zero-order chi connectivity index (χ0) is 17.2. The molecule has 1 fully saturated rings. The maximum atomic E-state index is 12.6. The van der Waals surface area contributed by atoms with Crippen LogP contribution < -0.4 is 10.1 Å². The monoisotopic (exact) mass is 337 g/mol. The van der Waals surface area contributed by atoms with Crippen LogP contribution in [0.3, 0.4) is 0 Å². The van der Waals surface area contributed by atoms with Crippen LogP contribution in [-0.2, 0) is 11.3 Å². The maximum Gasteiger partial charge on any atom is 0.255 e. The molecule has 0 bridgehead atoms. The highest BCUT2D eigenvalue weighted by Crippen LogP contribution is 2.29. The number of furan rings is 1. The summed E-state index contributed by atoms with van der Waals surface area (Å²) in [7, 11) is 0. The van der Waals surface area contributed by atoms with Crippen LogP contribution in [0.5, 0.6) is 5.75 Å². The van der Waals surface area contributed by atoms with Crippen LogP contribution in [0.4, 0.5) is 0 Å². The molecule has 5 nitrogen and oxygen atoms in total. The first kappa shape index (κ1) is 15.7. The van der Waals surface area contributed by atoms with Crippen molar-refractivity contribution in [3.05, 3.63) is 65.4 Å². The molecule has 0 unspecified atom stereocenters. The lowest BCUT2D eigenvalue weighted by Gasteiger charge is -2.26. The Labute approximate surface area is 145 Å². The minimum Gasteiger partial charge on any atom is -0.489 e. The van der Waals surface area contributed by atoms with Crippen LogP contribution in [0, 0.1) is 6.92 Å². The molecule has 1 aliphatic heterocycles. The summed E-state index contributed by atoms with van der Waals surface area (Å²) in [6.07, 6.45) is 0. The molecule has 0 atom stereocenters. The number of amides is 1. The van der Waals surface area contributed by atoms with Gasteiger partial charge in [0.1, 0.15) is 23.7 Å². The van der Waals surface area contributed by atoms with E-state index in [-0.39, 0.29) is 11.9 Å². The smallest absolute Gasteiger partial charge is 0.255 e. The summed E-state index contributed by atoms with van der Waals surface area (Å²) in [5.41, 5.74) is 2.33. The Bertz CT molecular complexity index is 897. The summed E-state index contributed by atoms with van der Waals surface area (Å²) < 4.78 is 16.7. The molecule has 2 aromatic carbocycles. The van der Waals surface area contributed by atoms with Crippen LogP contribution in [0.25, 0.3) is 11.0 Å². The Morgan fingerprint density at radius 1 is 1.20 bits per heavy atom. The van der Waals surface area contributed by atoms with Crippen molar-refractivity contribution in [1.82, 2.24) is 5.32 Å². The molecule has 0 saturated carbocycles. The topological polar surface area (TPSA) is 60.7 Å². The number of hydrogen-bond acceptors (Lipinski definition) is 4. The van der Waals surface area contributed by atoms with Crippen molar-refractivity contribution in [3.8, 4) is 5.75 Å². The number of carbonyl (C=O) groups excluding carboxylic acids is 1. The molecule has 5 heteroatoms. The number of aryl methyl sites for hydroxylation is 1. The summed E-state index contributed by atoms with van der Waals surface area (Å²) in [6.45, 7) is 3.40. The van der Waals surface area contributed by atoms with Gasteiger partial charge in [-0.2, -0.15) is 0 Å². The molecular weight excluding hydrogens is 318 g/mol. The number of hydrogen-bond donors (Lipinski definition) is 1. The number of carbonyl (C=O) groups is 1. The van der Waals surface area contributed by atoms with Crippen LogP contribution in [0.2, 0.25) is 0 Å². The van der Waals surface area contributed by atoms with Gasteiger partial charge < -0.3 is 19.2 Å². The Kier molecular flexibility index (Phi) is 4.15. The molecule has 1 aliphatic rings. The highest BCUT2D eigenvalue weighted by Gasteiger charge is 2.25. The predicted octanol–water partition coefficient (Wildman–Crippen LogP) is 3.45. The third-order valence-corrected chi connectivity index (χ3v) is 4.28. The largest absolute Gasteiger partial charge is 0.489 e. The first-order valence-electron chi connectivity index (χ1n) is 8.29. The van der Waals surface area contributed by atoms with Gasteiger partial charge in [0.25, 0.3) is 5.91 Å². The standard InChI is InChI=1S/C20H19NO4/c1-13-19(20(22)21-15-11-23-12-15)17-9-16(7-8-18(17)25-13)24-10-14-5-3-2-4-6-14/h2-9,15H,10-12H2,1H3,(H,21,22). The summed E-state index contributed by atoms with van der Waals surface area (Å²) >= 11 is 0. The van der Waals surface area contributed by atoms with Crippen LogP contribution in [0.15, 0.2) is 52.9 Å². The van der Waals surface area contributed by atoms with E-state index in [2.05, 4.69) is 5.32 Å². The van der Waals surface area contributed by atoms with Gasteiger partial charge in [0.15, 0.2) is 0 Å². The first-order valence-corrected chi connectivity index (χ1v) is 8.29. The third kappa shape index (κ3) is 3.23. The van der Waals surface area contributed by atoms with E-state index in [9.17, 15) is 4.79 Å². The summed E-state index contributed by atoms with van der Waals surface area (Å²) in [5, 5.41) is 3.73. The van der Waals surface area contributed by atoms with Gasteiger partial charge in [0.2, 0.25) is 0 Å². The van der Waals surface area contributed by atoms with Gasteiger partial charge in [0.05, 0.1) is 24.8 Å². The lowest BCUT2D eigenvalue weighted by atomic mass is 10.1. The Morgan fingerprint density at radius 3 is 2.72 bits per heavy atom. The average Bonchev–Trinajstić information content (AvgIpc) is 2.92. The summed E-state index contributed by atoms with van der Waals surface area (Å²) in [4.78, 5) is 12.6. The zero-order valence-corrected chi connectivity index (χ0v) is 14.0. The van der Waals surface area contributed by atoms with Crippen molar-refractivity contribution in [1.29, 1.82) is 0 Å². The highest BCUT2D eigenvalue weighted by atomic mass is 16.5. The molecule has 128 valence electrons. The number of fused-ring (bicyclic) bond motifs is 1. The van der Waals surface area contributed by atoms with Crippen LogP contribution in [-0.4, -0.2) is 25.2 Å². The van der Waals surface area contributed by atoms with Crippen LogP contribution in [0.1, 0.15) is 21.7 Å². The van der Waals surface area contributed by atoms with Gasteiger partial charge in [-0.1, -0.05) is 30.3 Å². The van der Waals surface area contributed by atoms with Crippen LogP contribution >= 0.6 is 0 Å². The molecule has 3 aromatic rings. The van der Waals surface area contributed by atoms with Gasteiger partial charge >= 0.3 is 0 Å². The fourth-order valence-corrected chi connectivity index (χ4v) is 2.89. The summed E-state index contributed by atoms with van der Waals surface area (Å²) in [6, 6.07) is 15.6. The third-order valence-electron chi connectivity index (χ3n) is 4.28. The van der Waals surface area contributed by atoms with E-state index in [0.717, 1.165) is 10.9 Å². The molecule has 0 aliphatic carbocycles. The molecule has 1 aromatic heterocycles. The van der Waals surface area contributed by atoms with Crippen molar-refractivity contribution < 1.29 is 18.7 Å². The second-order valence-electron chi connectivity index (χ2n) is 6.17. The predicted molar refractivity (Wildman–Crippen MR) is 93.8 cm³/mol. The minimum atomic E-state index is -0.134. The lowest BCUT2D eigenvalue weighted by Crippen LogP contribution is -2.48. The quantitative estimate of drug-likeness (QED) is 0.775. The van der Waals surface area contributed by atoms with E-state index in [1.165, 1.54) is 0 Å². The average molecular weight is 337 g/mol. The summed E-state index contributed by atoms with van der Waals surface area (Å²) in [5.74, 6) is 1.18. The first-order chi connectivity index (χ1) is 12.2. The fraction of sp³-hybridized carbons (Fsp3) is 0.250. The molecule has 1 amide bonds. The number of rotatable bonds is 5. The second-order valence-corrected chi connectivity index (χ2v) is 6.17. The van der Waals surface area contributed by atoms with Gasteiger partial charge in [-0.3, -0.25) is 4.79 Å². The van der Waals surface area contributed by atoms with Gasteiger partial charge in [0, 0.05) is 5.39 Å². The van der Waals surface area contributed by atoms with Crippen molar-refractivity contribution in [2.24, 2.45) is 0 Å². The molecule has 1 saturated heterocycles. The molecule has 1 N–H and O–H groups in total. The Morgan fingerprint density at radius 2 is 2.00 bits per heavy atom. The molecule has 0 radical (unpaired) electrons. The van der Waals surface area contributed by atoms with Gasteiger partial charge in [-0.25, -0.2) is 0 Å². The van der Waals surface area contributed by atoms with Gasteiger partial charge in [-0.15, -0.1) is 0 Å². The number of ether oxygens (including phenoxy) is 2. The fourth-order valence-electron chi connectivity index (χ4n) is 2.89. The maximum absolute atomic E-state index is 12.6. The van der Waals surface area contributed by atoms with Crippen molar-refractivity contribution in [3.63, 3.8) is 0 Å². The van der Waals surface area contributed by atoms with E-state index in [4.69, 9.17) is 13.9 Å². The molecule has 25 heavy (non-hydrogen) atoms. The van der Waals surface area contributed by atoms with E-state index in [1.807, 2.05) is 48.5 Å². The number of benzene rings is 2. The number of nitrogens with one attached hydrogen (secondary N) is 1. The highest BCUT2D eigenvalue weighted by molar-refractivity contribution is 6.07. The minimum absolute atomic E-state index is 0.0781. The lowest BCUT2D eigenvalue weighted by molar-refractivity contribution is -0.00346. The van der Waals surface area contributed by atoms with Crippen molar-refractivity contribution >= 4 is 16.9 Å². The normalized spacial score (nSPS) is 14.3. The molecule has 2 heterocycles. The van der Waals surface area contributed by atoms with E-state index in [1.54, 1.807) is 6.92 Å². The Balaban J connectivity index is 1.58. The van der Waals surface area contributed by atoms with Gasteiger partial charge in [-0.05, 0) is 30.7 Å². The Hall–Kier alpha value is -2.79. The molecular formula is C20H19NO4. The SMILES string of the molecule is Cc1oc2ccc(OCc3ccccc3)cc2c1C(=O)NC1COC1.